The molecule has 0 amide bonds. The van der Waals surface area contributed by atoms with E-state index in [1.165, 1.54) is 0 Å². The van der Waals surface area contributed by atoms with Crippen LogP contribution in [0.15, 0.2) is 0 Å². The molecule has 106 valence electrons. The lowest BCUT2D eigenvalue weighted by Crippen LogP contribution is -2.56. The number of aliphatic hydroxyl groups excluding tert-OH is 2. The van der Waals surface area contributed by atoms with Crippen LogP contribution < -0.4 is 0 Å². The molecule has 1 aliphatic heterocycles. The van der Waals surface area contributed by atoms with E-state index in [2.05, 4.69) is 6.92 Å². The fraction of sp³-hybridized carbons (Fsp3) is 1.00. The summed E-state index contributed by atoms with van der Waals surface area (Å²) in [6.07, 6.45) is -0.366. The van der Waals surface area contributed by atoms with E-state index in [-0.39, 0.29) is 12.2 Å². The molecule has 2 rings (SSSR count). The molecule has 0 aromatic rings. The normalized spacial score (nSPS) is 42.8. The molecule has 18 heavy (non-hydrogen) atoms. The summed E-state index contributed by atoms with van der Waals surface area (Å²) in [7, 11) is 0. The molecule has 1 saturated heterocycles. The minimum absolute atomic E-state index is 0.204. The van der Waals surface area contributed by atoms with E-state index in [4.69, 9.17) is 14.2 Å². The summed E-state index contributed by atoms with van der Waals surface area (Å²) < 4.78 is 17.2. The monoisotopic (exact) mass is 260 g/mol. The van der Waals surface area contributed by atoms with Gasteiger partial charge in [-0.2, -0.15) is 0 Å². The lowest BCUT2D eigenvalue weighted by Gasteiger charge is -2.38. The molecule has 5 heteroatoms. The standard InChI is InChI=1S/C13H24O5/c1-4-5-6-16-12-10(15)8(14)7-9-11(12)18-13(2,3)17-9/h8-12,14-15H,4-7H2,1-3H3/t8-,9-,10?,11-,12?/m1/s1. The average Bonchev–Trinajstić information content (AvgIpc) is 2.58. The number of fused-ring (bicyclic) bond motifs is 1. The molecular formula is C13H24O5. The summed E-state index contributed by atoms with van der Waals surface area (Å²) in [6, 6.07) is 0. The van der Waals surface area contributed by atoms with Crippen molar-refractivity contribution in [1.29, 1.82) is 0 Å². The first-order valence-electron chi connectivity index (χ1n) is 6.78. The molecule has 2 fully saturated rings. The Morgan fingerprint density at radius 3 is 2.67 bits per heavy atom. The van der Waals surface area contributed by atoms with Crippen LogP contribution in [0.5, 0.6) is 0 Å². The Balaban J connectivity index is 2.03. The predicted molar refractivity (Wildman–Crippen MR) is 65.1 cm³/mol. The second-order valence-electron chi connectivity index (χ2n) is 5.62. The predicted octanol–water partition coefficient (Wildman–Crippen LogP) is 0.817. The summed E-state index contributed by atoms with van der Waals surface area (Å²) in [4.78, 5) is 0. The zero-order chi connectivity index (χ0) is 13.3. The van der Waals surface area contributed by atoms with Gasteiger partial charge in [0.15, 0.2) is 5.79 Å². The molecule has 2 aliphatic rings. The van der Waals surface area contributed by atoms with Crippen LogP contribution in [0.4, 0.5) is 0 Å². The quantitative estimate of drug-likeness (QED) is 0.732. The van der Waals surface area contributed by atoms with E-state index < -0.39 is 24.1 Å². The van der Waals surface area contributed by atoms with E-state index in [1.807, 2.05) is 13.8 Å². The van der Waals surface area contributed by atoms with Crippen molar-refractivity contribution in [2.75, 3.05) is 6.61 Å². The minimum Gasteiger partial charge on any atom is -0.390 e. The summed E-state index contributed by atoms with van der Waals surface area (Å²) in [6.45, 7) is 6.33. The Labute approximate surface area is 108 Å². The molecule has 0 radical (unpaired) electrons. The summed E-state index contributed by atoms with van der Waals surface area (Å²) in [5.41, 5.74) is 0. The number of ether oxygens (including phenoxy) is 3. The molecule has 1 aliphatic carbocycles. The first-order valence-corrected chi connectivity index (χ1v) is 6.78. The van der Waals surface area contributed by atoms with Crippen LogP contribution >= 0.6 is 0 Å². The topological polar surface area (TPSA) is 68.2 Å². The molecule has 5 nitrogen and oxygen atoms in total. The van der Waals surface area contributed by atoms with Crippen molar-refractivity contribution in [3.05, 3.63) is 0 Å². The van der Waals surface area contributed by atoms with Crippen LogP contribution in [0.25, 0.3) is 0 Å². The summed E-state index contributed by atoms with van der Waals surface area (Å²) in [5, 5.41) is 19.9. The van der Waals surface area contributed by atoms with E-state index in [9.17, 15) is 10.2 Å². The Kier molecular flexibility index (Phi) is 4.29. The van der Waals surface area contributed by atoms with E-state index >= 15 is 0 Å². The van der Waals surface area contributed by atoms with Gasteiger partial charge in [0.1, 0.15) is 18.3 Å². The molecule has 5 atom stereocenters. The van der Waals surface area contributed by atoms with Gasteiger partial charge in [-0.15, -0.1) is 0 Å². The van der Waals surface area contributed by atoms with Crippen LogP contribution in [0.3, 0.4) is 0 Å². The van der Waals surface area contributed by atoms with Gasteiger partial charge in [0.2, 0.25) is 0 Å². The zero-order valence-electron chi connectivity index (χ0n) is 11.3. The number of unbranched alkanes of at least 4 members (excludes halogenated alkanes) is 1. The van der Waals surface area contributed by atoms with Crippen LogP contribution in [-0.2, 0) is 14.2 Å². The molecule has 1 heterocycles. The molecule has 2 N–H and O–H groups in total. The maximum Gasteiger partial charge on any atom is 0.163 e. The third-order valence-electron chi connectivity index (χ3n) is 3.56. The van der Waals surface area contributed by atoms with Gasteiger partial charge in [0.25, 0.3) is 0 Å². The van der Waals surface area contributed by atoms with Gasteiger partial charge in [0, 0.05) is 13.0 Å². The Morgan fingerprint density at radius 2 is 2.00 bits per heavy atom. The van der Waals surface area contributed by atoms with Crippen molar-refractivity contribution in [2.45, 2.75) is 76.3 Å². The Morgan fingerprint density at radius 1 is 1.28 bits per heavy atom. The highest BCUT2D eigenvalue weighted by Crippen LogP contribution is 2.38. The average molecular weight is 260 g/mol. The molecule has 0 bridgehead atoms. The van der Waals surface area contributed by atoms with Crippen LogP contribution in [-0.4, -0.2) is 53.1 Å². The third-order valence-corrected chi connectivity index (χ3v) is 3.56. The van der Waals surface area contributed by atoms with Crippen LogP contribution in [0, 0.1) is 0 Å². The molecule has 0 aromatic heterocycles. The largest absolute Gasteiger partial charge is 0.390 e. The van der Waals surface area contributed by atoms with Gasteiger partial charge in [-0.1, -0.05) is 13.3 Å². The molecule has 2 unspecified atom stereocenters. The lowest BCUT2D eigenvalue weighted by molar-refractivity contribution is -0.181. The van der Waals surface area contributed by atoms with Crippen molar-refractivity contribution < 1.29 is 24.4 Å². The first kappa shape index (κ1) is 14.2. The van der Waals surface area contributed by atoms with E-state index in [0.29, 0.717) is 13.0 Å². The van der Waals surface area contributed by atoms with Gasteiger partial charge in [-0.3, -0.25) is 0 Å². The fourth-order valence-corrected chi connectivity index (χ4v) is 2.67. The van der Waals surface area contributed by atoms with Crippen molar-refractivity contribution in [3.8, 4) is 0 Å². The summed E-state index contributed by atoms with van der Waals surface area (Å²) >= 11 is 0. The second kappa shape index (κ2) is 5.43. The Hall–Kier alpha value is -0.200. The molecule has 1 saturated carbocycles. The molecular weight excluding hydrogens is 236 g/mol. The van der Waals surface area contributed by atoms with E-state index in [1.54, 1.807) is 0 Å². The highest BCUT2D eigenvalue weighted by molar-refractivity contribution is 4.99. The molecule has 0 aromatic carbocycles. The number of hydrogen-bond acceptors (Lipinski definition) is 5. The van der Waals surface area contributed by atoms with Crippen molar-refractivity contribution in [3.63, 3.8) is 0 Å². The number of hydrogen-bond donors (Lipinski definition) is 2. The van der Waals surface area contributed by atoms with Crippen LogP contribution in [0.1, 0.15) is 40.0 Å². The van der Waals surface area contributed by atoms with Crippen molar-refractivity contribution >= 4 is 0 Å². The molecule has 0 spiro atoms. The maximum absolute atomic E-state index is 10.0. The van der Waals surface area contributed by atoms with Gasteiger partial charge in [-0.25, -0.2) is 0 Å². The van der Waals surface area contributed by atoms with Crippen molar-refractivity contribution in [2.24, 2.45) is 0 Å². The Bertz CT molecular complexity index is 281. The zero-order valence-corrected chi connectivity index (χ0v) is 11.3. The maximum atomic E-state index is 10.0. The van der Waals surface area contributed by atoms with Gasteiger partial charge >= 0.3 is 0 Å². The fourth-order valence-electron chi connectivity index (χ4n) is 2.67. The minimum atomic E-state index is -0.902. The SMILES string of the molecule is CCCCOC1C(O)[C@H](O)C[C@H]2OC(C)(C)O[C@@H]12. The smallest absolute Gasteiger partial charge is 0.163 e. The van der Waals surface area contributed by atoms with Gasteiger partial charge in [-0.05, 0) is 20.3 Å². The third kappa shape index (κ3) is 2.86. The highest BCUT2D eigenvalue weighted by Gasteiger charge is 2.53. The second-order valence-corrected chi connectivity index (χ2v) is 5.62. The first-order chi connectivity index (χ1) is 8.44. The highest BCUT2D eigenvalue weighted by atomic mass is 16.8. The van der Waals surface area contributed by atoms with Gasteiger partial charge in [0.05, 0.1) is 12.2 Å². The van der Waals surface area contributed by atoms with Gasteiger partial charge < -0.3 is 24.4 Å². The van der Waals surface area contributed by atoms with E-state index in [0.717, 1.165) is 12.8 Å². The number of rotatable bonds is 4. The van der Waals surface area contributed by atoms with Crippen LogP contribution in [0.2, 0.25) is 0 Å². The lowest BCUT2D eigenvalue weighted by atomic mass is 9.87. The van der Waals surface area contributed by atoms with Crippen molar-refractivity contribution in [1.82, 2.24) is 0 Å². The number of aliphatic hydroxyl groups is 2. The summed E-state index contributed by atoms with van der Waals surface area (Å²) in [5.74, 6) is -0.675.